The number of carbonyl (C=O) groups is 2. The normalized spacial score (nSPS) is 13.0. The van der Waals surface area contributed by atoms with Crippen LogP contribution in [0.15, 0.2) is 46.9 Å². The molecule has 0 fully saturated rings. The van der Waals surface area contributed by atoms with Crippen LogP contribution in [0.3, 0.4) is 0 Å². The molecule has 0 aliphatic heterocycles. The highest BCUT2D eigenvalue weighted by Crippen LogP contribution is 2.31. The zero-order valence-corrected chi connectivity index (χ0v) is 23.6. The third-order valence-corrected chi connectivity index (χ3v) is 6.64. The van der Waals surface area contributed by atoms with E-state index in [4.69, 9.17) is 9.47 Å². The van der Waals surface area contributed by atoms with E-state index < -0.39 is 6.04 Å². The van der Waals surface area contributed by atoms with Crippen LogP contribution in [-0.4, -0.2) is 42.5 Å². The van der Waals surface area contributed by atoms with Crippen molar-refractivity contribution in [3.63, 3.8) is 0 Å². The number of methoxy groups -OCH3 is 1. The van der Waals surface area contributed by atoms with Crippen molar-refractivity contribution >= 4 is 27.7 Å². The van der Waals surface area contributed by atoms with Gasteiger partial charge in [-0.3, -0.25) is 9.59 Å². The molecule has 0 aliphatic rings. The molecule has 35 heavy (non-hydrogen) atoms. The van der Waals surface area contributed by atoms with Crippen molar-refractivity contribution < 1.29 is 19.1 Å². The Labute approximate surface area is 218 Å². The molecule has 0 aliphatic carbocycles. The number of hydrogen-bond donors (Lipinski definition) is 1. The van der Waals surface area contributed by atoms with Crippen molar-refractivity contribution in [3.05, 3.63) is 58.1 Å². The smallest absolute Gasteiger partial charge is 0.261 e. The molecule has 2 rings (SSSR count). The van der Waals surface area contributed by atoms with E-state index in [0.29, 0.717) is 17.9 Å². The third kappa shape index (κ3) is 8.27. The lowest BCUT2D eigenvalue weighted by atomic mass is 9.87. The number of amides is 2. The van der Waals surface area contributed by atoms with E-state index in [0.717, 1.165) is 22.0 Å². The molecule has 7 heteroatoms. The minimum absolute atomic E-state index is 0.00173. The fourth-order valence-corrected chi connectivity index (χ4v) is 4.13. The molecule has 2 atom stereocenters. The number of nitrogens with zero attached hydrogens (tertiary/aromatic N) is 1. The summed E-state index contributed by atoms with van der Waals surface area (Å²) in [6.45, 7) is 12.4. The van der Waals surface area contributed by atoms with Gasteiger partial charge in [0.15, 0.2) is 6.61 Å². The fraction of sp³-hybridized carbons (Fsp3) is 0.500. The summed E-state index contributed by atoms with van der Waals surface area (Å²) >= 11 is 3.57. The van der Waals surface area contributed by atoms with Gasteiger partial charge >= 0.3 is 0 Å². The van der Waals surface area contributed by atoms with Gasteiger partial charge in [-0.1, -0.05) is 52.8 Å². The first-order valence-corrected chi connectivity index (χ1v) is 12.9. The minimum Gasteiger partial charge on any atom is -0.497 e. The molecule has 0 spiro atoms. The number of rotatable bonds is 11. The summed E-state index contributed by atoms with van der Waals surface area (Å²) < 4.78 is 12.0. The number of halogens is 1. The van der Waals surface area contributed by atoms with Crippen LogP contribution in [0.4, 0.5) is 0 Å². The molecule has 2 aromatic rings. The van der Waals surface area contributed by atoms with Crippen molar-refractivity contribution in [1.29, 1.82) is 0 Å². The topological polar surface area (TPSA) is 67.9 Å². The van der Waals surface area contributed by atoms with Crippen LogP contribution in [0.2, 0.25) is 0 Å². The Kier molecular flexibility index (Phi) is 10.6. The standard InChI is InChI=1S/C28H39BrN2O4/c1-8-19(3)30-27(33)24(9-2)31(17-20-11-10-12-22(15-20)34-7)26(32)18-35-25-14-13-21(16-23(25)29)28(4,5)6/h10-16,19,24H,8-9,17-18H2,1-7H3,(H,30,33)/t19-,24+/m0/s1. The maximum absolute atomic E-state index is 13.4. The van der Waals surface area contributed by atoms with Crippen molar-refractivity contribution in [2.45, 2.75) is 78.4 Å². The van der Waals surface area contributed by atoms with Crippen molar-refractivity contribution in [1.82, 2.24) is 10.2 Å². The monoisotopic (exact) mass is 546 g/mol. The molecular formula is C28H39BrN2O4. The zero-order chi connectivity index (χ0) is 26.2. The Morgan fingerprint density at radius 2 is 1.80 bits per heavy atom. The van der Waals surface area contributed by atoms with Crippen LogP contribution in [0.25, 0.3) is 0 Å². The van der Waals surface area contributed by atoms with Crippen LogP contribution in [0.5, 0.6) is 11.5 Å². The van der Waals surface area contributed by atoms with Crippen LogP contribution >= 0.6 is 15.9 Å². The second-order valence-corrected chi connectivity index (χ2v) is 10.7. The van der Waals surface area contributed by atoms with Gasteiger partial charge in [0.25, 0.3) is 5.91 Å². The average Bonchev–Trinajstić information content (AvgIpc) is 2.82. The molecule has 0 aromatic heterocycles. The highest BCUT2D eigenvalue weighted by Gasteiger charge is 2.30. The predicted molar refractivity (Wildman–Crippen MR) is 144 cm³/mol. The Hall–Kier alpha value is -2.54. The third-order valence-electron chi connectivity index (χ3n) is 6.02. The predicted octanol–water partition coefficient (Wildman–Crippen LogP) is 5.86. The molecule has 6 nitrogen and oxygen atoms in total. The number of hydrogen-bond acceptors (Lipinski definition) is 4. The number of ether oxygens (including phenoxy) is 2. The van der Waals surface area contributed by atoms with Crippen molar-refractivity contribution in [3.8, 4) is 11.5 Å². The summed E-state index contributed by atoms with van der Waals surface area (Å²) in [5, 5.41) is 3.02. The summed E-state index contributed by atoms with van der Waals surface area (Å²) in [6.07, 6.45) is 1.30. The summed E-state index contributed by atoms with van der Waals surface area (Å²) in [6, 6.07) is 12.8. The van der Waals surface area contributed by atoms with E-state index in [2.05, 4.69) is 42.0 Å². The van der Waals surface area contributed by atoms with Gasteiger partial charge in [0, 0.05) is 12.6 Å². The van der Waals surface area contributed by atoms with Crippen molar-refractivity contribution in [2.75, 3.05) is 13.7 Å². The Balaban J connectivity index is 2.27. The molecule has 0 radical (unpaired) electrons. The van der Waals surface area contributed by atoms with Gasteiger partial charge in [-0.2, -0.15) is 0 Å². The lowest BCUT2D eigenvalue weighted by molar-refractivity contribution is -0.143. The molecule has 2 aromatic carbocycles. The molecule has 0 heterocycles. The summed E-state index contributed by atoms with van der Waals surface area (Å²) in [7, 11) is 1.60. The quantitative estimate of drug-likeness (QED) is 0.383. The average molecular weight is 548 g/mol. The van der Waals surface area contributed by atoms with Crippen LogP contribution < -0.4 is 14.8 Å². The van der Waals surface area contributed by atoms with Crippen LogP contribution in [0.1, 0.15) is 65.5 Å². The minimum atomic E-state index is -0.613. The highest BCUT2D eigenvalue weighted by atomic mass is 79.9. The van der Waals surface area contributed by atoms with Gasteiger partial charge in [-0.15, -0.1) is 0 Å². The second-order valence-electron chi connectivity index (χ2n) is 9.80. The van der Waals surface area contributed by atoms with E-state index in [9.17, 15) is 9.59 Å². The Morgan fingerprint density at radius 1 is 1.09 bits per heavy atom. The number of nitrogens with one attached hydrogen (secondary N) is 1. The largest absolute Gasteiger partial charge is 0.497 e. The SMILES string of the molecule is CC[C@H](C(=O)N[C@@H](C)CC)N(Cc1cccc(OC)c1)C(=O)COc1ccc(C(C)(C)C)cc1Br. The van der Waals surface area contributed by atoms with Gasteiger partial charge in [0.1, 0.15) is 17.5 Å². The fourth-order valence-electron chi connectivity index (χ4n) is 3.63. The lowest BCUT2D eigenvalue weighted by Gasteiger charge is -2.31. The first-order valence-electron chi connectivity index (χ1n) is 12.2. The molecule has 0 bridgehead atoms. The van der Waals surface area contributed by atoms with E-state index in [1.807, 2.05) is 63.2 Å². The lowest BCUT2D eigenvalue weighted by Crippen LogP contribution is -2.51. The molecule has 192 valence electrons. The highest BCUT2D eigenvalue weighted by molar-refractivity contribution is 9.10. The maximum Gasteiger partial charge on any atom is 0.261 e. The molecule has 0 saturated carbocycles. The van der Waals surface area contributed by atoms with Crippen molar-refractivity contribution in [2.24, 2.45) is 0 Å². The first kappa shape index (κ1) is 28.7. The summed E-state index contributed by atoms with van der Waals surface area (Å²) in [5.41, 5.74) is 2.04. The van der Waals surface area contributed by atoms with E-state index in [-0.39, 0.29) is 36.4 Å². The molecule has 2 amide bonds. The van der Waals surface area contributed by atoms with E-state index in [1.54, 1.807) is 12.0 Å². The van der Waals surface area contributed by atoms with Gasteiger partial charge < -0.3 is 19.7 Å². The van der Waals surface area contributed by atoms with Gasteiger partial charge in [-0.05, 0) is 76.5 Å². The van der Waals surface area contributed by atoms with Gasteiger partial charge in [-0.25, -0.2) is 0 Å². The van der Waals surface area contributed by atoms with Crippen LogP contribution in [0, 0.1) is 0 Å². The summed E-state index contributed by atoms with van der Waals surface area (Å²) in [5.74, 6) is 0.871. The second kappa shape index (κ2) is 13.0. The van der Waals surface area contributed by atoms with E-state index in [1.165, 1.54) is 0 Å². The summed E-state index contributed by atoms with van der Waals surface area (Å²) in [4.78, 5) is 28.1. The molecular weight excluding hydrogens is 508 g/mol. The Bertz CT molecular complexity index is 1000. The number of benzene rings is 2. The van der Waals surface area contributed by atoms with E-state index >= 15 is 0 Å². The molecule has 0 saturated heterocycles. The molecule has 0 unspecified atom stereocenters. The van der Waals surface area contributed by atoms with Crippen LogP contribution in [-0.2, 0) is 21.5 Å². The van der Waals surface area contributed by atoms with Gasteiger partial charge in [0.05, 0.1) is 11.6 Å². The molecule has 1 N–H and O–H groups in total. The van der Waals surface area contributed by atoms with Gasteiger partial charge in [0.2, 0.25) is 5.91 Å². The Morgan fingerprint density at radius 3 is 2.37 bits per heavy atom. The first-order chi connectivity index (χ1) is 16.5. The zero-order valence-electron chi connectivity index (χ0n) is 22.0. The number of carbonyl (C=O) groups excluding carboxylic acids is 2. The maximum atomic E-state index is 13.4.